The van der Waals surface area contributed by atoms with E-state index in [1.54, 1.807) is 0 Å². The molecule has 2 heterocycles. The molecule has 0 unspecified atom stereocenters. The third-order valence-electron chi connectivity index (χ3n) is 7.98. The maximum Gasteiger partial charge on any atom is 0.0568 e. The summed E-state index contributed by atoms with van der Waals surface area (Å²) in [6.07, 6.45) is 0. The van der Waals surface area contributed by atoms with E-state index in [1.165, 1.54) is 81.8 Å². The van der Waals surface area contributed by atoms with Gasteiger partial charge in [0.2, 0.25) is 0 Å². The van der Waals surface area contributed by atoms with Crippen LogP contribution in [0.5, 0.6) is 0 Å². The van der Waals surface area contributed by atoms with E-state index in [2.05, 4.69) is 127 Å². The maximum atomic E-state index is 3.70. The van der Waals surface area contributed by atoms with Crippen molar-refractivity contribution in [2.24, 2.45) is 7.05 Å². The molecule has 0 bridgehead atoms. The first-order chi connectivity index (χ1) is 17.7. The van der Waals surface area contributed by atoms with E-state index >= 15 is 0 Å². The highest BCUT2D eigenvalue weighted by molar-refractivity contribution is 6.20. The Hall–Kier alpha value is -4.56. The molecular weight excluding hydrogens is 436 g/mol. The fourth-order valence-corrected chi connectivity index (χ4v) is 6.25. The molecule has 0 atom stereocenters. The van der Waals surface area contributed by atoms with Crippen LogP contribution in [0.3, 0.4) is 0 Å². The molecule has 0 saturated carbocycles. The van der Waals surface area contributed by atoms with Gasteiger partial charge in [0.05, 0.1) is 11.0 Å². The van der Waals surface area contributed by atoms with Crippen molar-refractivity contribution in [3.8, 4) is 11.1 Å². The third kappa shape index (κ3) is 2.56. The van der Waals surface area contributed by atoms with E-state index in [0.717, 1.165) is 0 Å². The molecule has 0 aliphatic heterocycles. The van der Waals surface area contributed by atoms with Gasteiger partial charge in [-0.15, -0.1) is 0 Å². The Labute approximate surface area is 208 Å². The van der Waals surface area contributed by atoms with Crippen LogP contribution in [0, 0.1) is 6.92 Å². The Balaban J connectivity index is 1.40. The lowest BCUT2D eigenvalue weighted by atomic mass is 9.95. The molecule has 2 aromatic heterocycles. The van der Waals surface area contributed by atoms with Crippen molar-refractivity contribution in [2.45, 2.75) is 6.92 Å². The average Bonchev–Trinajstić information content (AvgIpc) is 3.43. The molecule has 0 radical (unpaired) electrons. The van der Waals surface area contributed by atoms with Crippen LogP contribution in [0.25, 0.3) is 76.3 Å². The minimum Gasteiger partial charge on any atom is -0.354 e. The Morgan fingerprint density at radius 2 is 1.36 bits per heavy atom. The molecule has 0 amide bonds. The van der Waals surface area contributed by atoms with Gasteiger partial charge >= 0.3 is 0 Å². The molecule has 0 aliphatic rings. The Kier molecular flexibility index (Phi) is 3.83. The number of fused-ring (bicyclic) bond motifs is 10. The Morgan fingerprint density at radius 3 is 2.31 bits per heavy atom. The number of aryl methyl sites for hydroxylation is 2. The Bertz CT molecular complexity index is 2170. The van der Waals surface area contributed by atoms with Crippen molar-refractivity contribution in [2.75, 3.05) is 0 Å². The monoisotopic (exact) mass is 460 g/mol. The van der Waals surface area contributed by atoms with Crippen LogP contribution in [-0.4, -0.2) is 9.55 Å². The van der Waals surface area contributed by atoms with Gasteiger partial charge in [0.15, 0.2) is 0 Å². The molecule has 0 aliphatic carbocycles. The molecule has 2 nitrogen and oxygen atoms in total. The highest BCUT2D eigenvalue weighted by Gasteiger charge is 2.14. The second-order valence-electron chi connectivity index (χ2n) is 10.0. The van der Waals surface area contributed by atoms with Crippen LogP contribution in [0.15, 0.2) is 103 Å². The highest BCUT2D eigenvalue weighted by Crippen LogP contribution is 2.39. The van der Waals surface area contributed by atoms with E-state index in [0.29, 0.717) is 0 Å². The average molecular weight is 461 g/mol. The van der Waals surface area contributed by atoms with Gasteiger partial charge in [0.25, 0.3) is 0 Å². The lowest BCUT2D eigenvalue weighted by Crippen LogP contribution is -1.89. The quantitative estimate of drug-likeness (QED) is 0.252. The standard InChI is InChI=1S/C34H24N2/c1-20-10-17-31-30(18-20)28-16-15-25-23(8-5-9-27(25)33(28)35-31)22-12-13-26-29-14-11-21-6-3-4-7-24(21)34(29)36(2)32(26)19-22/h3-19,35H,1-2H3. The number of hydrogen-bond acceptors (Lipinski definition) is 0. The highest BCUT2D eigenvalue weighted by atomic mass is 14.9. The first kappa shape index (κ1) is 19.7. The van der Waals surface area contributed by atoms with Crippen LogP contribution in [0.4, 0.5) is 0 Å². The van der Waals surface area contributed by atoms with Crippen LogP contribution in [0.2, 0.25) is 0 Å². The van der Waals surface area contributed by atoms with Crippen molar-refractivity contribution in [1.82, 2.24) is 9.55 Å². The molecular formula is C34H24N2. The van der Waals surface area contributed by atoms with E-state index < -0.39 is 0 Å². The van der Waals surface area contributed by atoms with Crippen LogP contribution < -0.4 is 0 Å². The number of nitrogens with one attached hydrogen (secondary N) is 1. The van der Waals surface area contributed by atoms with Gasteiger partial charge in [-0.2, -0.15) is 0 Å². The summed E-state index contributed by atoms with van der Waals surface area (Å²) in [6.45, 7) is 2.16. The smallest absolute Gasteiger partial charge is 0.0568 e. The van der Waals surface area contributed by atoms with Crippen molar-refractivity contribution in [1.29, 1.82) is 0 Å². The zero-order valence-corrected chi connectivity index (χ0v) is 20.3. The number of rotatable bonds is 1. The first-order valence-electron chi connectivity index (χ1n) is 12.5. The number of nitrogens with zero attached hydrogens (tertiary/aromatic N) is 1. The van der Waals surface area contributed by atoms with Gasteiger partial charge in [0, 0.05) is 50.4 Å². The van der Waals surface area contributed by atoms with Crippen molar-refractivity contribution in [3.05, 3.63) is 109 Å². The minimum absolute atomic E-state index is 1.19. The molecule has 0 fully saturated rings. The van der Waals surface area contributed by atoms with Crippen LogP contribution in [-0.2, 0) is 7.05 Å². The van der Waals surface area contributed by atoms with Gasteiger partial charge in [-0.05, 0) is 47.0 Å². The zero-order chi connectivity index (χ0) is 24.0. The number of hydrogen-bond donors (Lipinski definition) is 1. The molecule has 1 N–H and O–H groups in total. The van der Waals surface area contributed by atoms with Crippen LogP contribution in [0.1, 0.15) is 5.56 Å². The molecule has 36 heavy (non-hydrogen) atoms. The van der Waals surface area contributed by atoms with Gasteiger partial charge in [0.1, 0.15) is 0 Å². The lowest BCUT2D eigenvalue weighted by Gasteiger charge is -2.09. The molecule has 0 saturated heterocycles. The predicted molar refractivity (Wildman–Crippen MR) is 155 cm³/mol. The first-order valence-corrected chi connectivity index (χ1v) is 12.5. The zero-order valence-electron chi connectivity index (χ0n) is 20.3. The normalized spacial score (nSPS) is 12.2. The number of aromatic nitrogens is 2. The third-order valence-corrected chi connectivity index (χ3v) is 7.98. The van der Waals surface area contributed by atoms with Crippen LogP contribution >= 0.6 is 0 Å². The molecule has 6 aromatic carbocycles. The summed E-state index contributed by atoms with van der Waals surface area (Å²) in [6, 6.07) is 38.0. The summed E-state index contributed by atoms with van der Waals surface area (Å²) in [5.41, 5.74) is 8.76. The summed E-state index contributed by atoms with van der Waals surface area (Å²) in [4.78, 5) is 3.70. The summed E-state index contributed by atoms with van der Waals surface area (Å²) < 4.78 is 2.36. The summed E-state index contributed by atoms with van der Waals surface area (Å²) in [7, 11) is 2.19. The van der Waals surface area contributed by atoms with Crippen molar-refractivity contribution < 1.29 is 0 Å². The SMILES string of the molecule is Cc1ccc2[nH]c3c4cccc(-c5ccc6c7ccc8ccccc8c7n(C)c6c5)c4ccc3c2c1. The topological polar surface area (TPSA) is 20.7 Å². The minimum atomic E-state index is 1.19. The van der Waals surface area contributed by atoms with Crippen molar-refractivity contribution >= 4 is 65.2 Å². The fourth-order valence-electron chi connectivity index (χ4n) is 6.25. The fraction of sp³-hybridized carbons (Fsp3) is 0.0588. The Morgan fingerprint density at radius 1 is 0.583 bits per heavy atom. The molecule has 8 rings (SSSR count). The maximum absolute atomic E-state index is 3.70. The second-order valence-corrected chi connectivity index (χ2v) is 10.0. The predicted octanol–water partition coefficient (Wildman–Crippen LogP) is 9.25. The largest absolute Gasteiger partial charge is 0.354 e. The number of H-pyrrole nitrogens is 1. The molecule has 8 aromatic rings. The lowest BCUT2D eigenvalue weighted by molar-refractivity contribution is 1.02. The van der Waals surface area contributed by atoms with E-state index in [4.69, 9.17) is 0 Å². The van der Waals surface area contributed by atoms with E-state index in [-0.39, 0.29) is 0 Å². The summed E-state index contributed by atoms with van der Waals surface area (Å²) in [5, 5.41) is 10.3. The number of aromatic amines is 1. The molecule has 0 spiro atoms. The second kappa shape index (κ2) is 6.99. The number of benzene rings is 6. The van der Waals surface area contributed by atoms with Crippen molar-refractivity contribution in [3.63, 3.8) is 0 Å². The van der Waals surface area contributed by atoms with Gasteiger partial charge in [-0.25, -0.2) is 0 Å². The van der Waals surface area contributed by atoms with Gasteiger partial charge in [-0.3, -0.25) is 0 Å². The van der Waals surface area contributed by atoms with Gasteiger partial charge in [-0.1, -0.05) is 90.5 Å². The molecule has 170 valence electrons. The van der Waals surface area contributed by atoms with E-state index in [1.807, 2.05) is 0 Å². The summed E-state index contributed by atoms with van der Waals surface area (Å²) in [5.74, 6) is 0. The molecule has 2 heteroatoms. The van der Waals surface area contributed by atoms with Gasteiger partial charge < -0.3 is 9.55 Å². The summed E-state index contributed by atoms with van der Waals surface area (Å²) >= 11 is 0. The van der Waals surface area contributed by atoms with E-state index in [9.17, 15) is 0 Å².